The van der Waals surface area contributed by atoms with Crippen LogP contribution in [0.25, 0.3) is 0 Å². The smallest absolute Gasteiger partial charge is 0.0667 e. The second-order valence-corrected chi connectivity index (χ2v) is 5.40. The fourth-order valence-electron chi connectivity index (χ4n) is 1.95. The van der Waals surface area contributed by atoms with Crippen molar-refractivity contribution in [3.05, 3.63) is 46.2 Å². The van der Waals surface area contributed by atoms with E-state index in [-0.39, 0.29) is 6.04 Å². The van der Waals surface area contributed by atoms with Crippen LogP contribution in [0.4, 0.5) is 5.69 Å². The Kier molecular flexibility index (Phi) is 4.61. The zero-order valence-corrected chi connectivity index (χ0v) is 12.8. The molecule has 0 aliphatic rings. The average molecular weight is 323 g/mol. The molecule has 1 atom stereocenters. The van der Waals surface area contributed by atoms with Gasteiger partial charge in [0.2, 0.25) is 0 Å². The number of anilines is 1. The number of benzene rings is 1. The molecule has 2 rings (SSSR count). The molecular weight excluding hydrogens is 304 g/mol. The first-order valence-corrected chi connectivity index (χ1v) is 7.18. The molecule has 0 aliphatic carbocycles. The highest BCUT2D eigenvalue weighted by molar-refractivity contribution is 9.10. The zero-order chi connectivity index (χ0) is 13.8. The van der Waals surface area contributed by atoms with Crippen molar-refractivity contribution in [2.24, 2.45) is 5.73 Å². The van der Waals surface area contributed by atoms with Gasteiger partial charge in [0, 0.05) is 35.0 Å². The first kappa shape index (κ1) is 14.1. The lowest BCUT2D eigenvalue weighted by Crippen LogP contribution is -2.20. The number of halogens is 1. The predicted octanol–water partition coefficient (Wildman–Crippen LogP) is 3.09. The second kappa shape index (κ2) is 6.21. The van der Waals surface area contributed by atoms with Crippen molar-refractivity contribution in [2.75, 3.05) is 11.9 Å². The molecule has 1 unspecified atom stereocenters. The maximum atomic E-state index is 5.88. The Morgan fingerprint density at radius 2 is 2.26 bits per heavy atom. The van der Waals surface area contributed by atoms with E-state index in [1.807, 2.05) is 23.1 Å². The summed E-state index contributed by atoms with van der Waals surface area (Å²) >= 11 is 3.56. The number of hydrogen-bond donors (Lipinski definition) is 2. The molecule has 0 saturated heterocycles. The van der Waals surface area contributed by atoms with E-state index in [4.69, 9.17) is 5.73 Å². The summed E-state index contributed by atoms with van der Waals surface area (Å²) in [5.74, 6) is 0. The molecule has 2 aromatic rings. The number of hydrogen-bond acceptors (Lipinski definition) is 3. The van der Waals surface area contributed by atoms with Crippen LogP contribution < -0.4 is 11.1 Å². The summed E-state index contributed by atoms with van der Waals surface area (Å²) in [6.07, 6.45) is 3.91. The summed E-state index contributed by atoms with van der Waals surface area (Å²) in [6, 6.07) is 6.29. The third-order valence-electron chi connectivity index (χ3n) is 3.07. The molecule has 4 nitrogen and oxygen atoms in total. The molecule has 0 fully saturated rings. The number of aromatic nitrogens is 2. The van der Waals surface area contributed by atoms with E-state index in [2.05, 4.69) is 52.3 Å². The Morgan fingerprint density at radius 3 is 2.89 bits per heavy atom. The van der Waals surface area contributed by atoms with Crippen LogP contribution in [0.3, 0.4) is 0 Å². The highest BCUT2D eigenvalue weighted by Gasteiger charge is 2.13. The summed E-state index contributed by atoms with van der Waals surface area (Å²) < 4.78 is 2.95. The van der Waals surface area contributed by atoms with Crippen LogP contribution in [-0.4, -0.2) is 16.3 Å². The van der Waals surface area contributed by atoms with Crippen LogP contribution >= 0.6 is 15.9 Å². The van der Waals surface area contributed by atoms with Crippen LogP contribution in [0.15, 0.2) is 35.1 Å². The third-order valence-corrected chi connectivity index (χ3v) is 3.76. The molecule has 5 heteroatoms. The van der Waals surface area contributed by atoms with Gasteiger partial charge in [0.15, 0.2) is 0 Å². The summed E-state index contributed by atoms with van der Waals surface area (Å²) in [4.78, 5) is 0. The van der Waals surface area contributed by atoms with Crippen LogP contribution in [-0.2, 0) is 6.54 Å². The Labute approximate surface area is 122 Å². The fourth-order valence-corrected chi connectivity index (χ4v) is 2.31. The molecule has 0 saturated carbocycles. The normalized spacial score (nSPS) is 12.4. The van der Waals surface area contributed by atoms with E-state index in [1.165, 1.54) is 5.56 Å². The average Bonchev–Trinajstić information content (AvgIpc) is 2.88. The van der Waals surface area contributed by atoms with Gasteiger partial charge in [-0.25, -0.2) is 0 Å². The summed E-state index contributed by atoms with van der Waals surface area (Å²) in [6.45, 7) is 5.53. The van der Waals surface area contributed by atoms with E-state index >= 15 is 0 Å². The minimum absolute atomic E-state index is 0.0680. The number of nitrogens with zero attached hydrogens (tertiary/aromatic N) is 2. The lowest BCUT2D eigenvalue weighted by molar-refractivity contribution is 0.658. The SMILES string of the molecule is CCn1cc(C(CN)Nc2cc(C)ccc2Br)cn1. The number of aryl methyl sites for hydroxylation is 2. The number of rotatable bonds is 5. The molecule has 19 heavy (non-hydrogen) atoms. The maximum Gasteiger partial charge on any atom is 0.0667 e. The van der Waals surface area contributed by atoms with Gasteiger partial charge < -0.3 is 11.1 Å². The van der Waals surface area contributed by atoms with Gasteiger partial charge >= 0.3 is 0 Å². The first-order chi connectivity index (χ1) is 9.13. The molecule has 3 N–H and O–H groups in total. The van der Waals surface area contributed by atoms with Gasteiger partial charge in [-0.1, -0.05) is 6.07 Å². The quantitative estimate of drug-likeness (QED) is 0.889. The minimum atomic E-state index is 0.0680. The molecule has 0 bridgehead atoms. The van der Waals surface area contributed by atoms with Crippen molar-refractivity contribution >= 4 is 21.6 Å². The van der Waals surface area contributed by atoms with Crippen molar-refractivity contribution in [3.8, 4) is 0 Å². The van der Waals surface area contributed by atoms with Crippen LogP contribution in [0.1, 0.15) is 24.1 Å². The van der Waals surface area contributed by atoms with Gasteiger partial charge in [-0.2, -0.15) is 5.10 Å². The molecule has 0 radical (unpaired) electrons. The molecule has 0 aliphatic heterocycles. The fraction of sp³-hybridized carbons (Fsp3) is 0.357. The first-order valence-electron chi connectivity index (χ1n) is 6.39. The molecule has 1 heterocycles. The standard InChI is InChI=1S/C14H19BrN4/c1-3-19-9-11(8-17-19)14(7-16)18-13-6-10(2)4-5-12(13)15/h4-6,8-9,14,18H,3,7,16H2,1-2H3. The van der Waals surface area contributed by atoms with Crippen molar-refractivity contribution in [1.82, 2.24) is 9.78 Å². The number of nitrogens with one attached hydrogen (secondary N) is 1. The van der Waals surface area contributed by atoms with Crippen LogP contribution in [0.5, 0.6) is 0 Å². The van der Waals surface area contributed by atoms with E-state index < -0.39 is 0 Å². The topological polar surface area (TPSA) is 55.9 Å². The lowest BCUT2D eigenvalue weighted by Gasteiger charge is -2.18. The monoisotopic (exact) mass is 322 g/mol. The molecule has 1 aromatic heterocycles. The Balaban J connectivity index is 2.21. The van der Waals surface area contributed by atoms with Gasteiger partial charge in [0.25, 0.3) is 0 Å². The lowest BCUT2D eigenvalue weighted by atomic mass is 10.1. The largest absolute Gasteiger partial charge is 0.376 e. The van der Waals surface area contributed by atoms with Gasteiger partial charge in [-0.15, -0.1) is 0 Å². The summed E-state index contributed by atoms with van der Waals surface area (Å²) in [5.41, 5.74) is 9.25. The highest BCUT2D eigenvalue weighted by Crippen LogP contribution is 2.27. The minimum Gasteiger partial charge on any atom is -0.376 e. The van der Waals surface area contributed by atoms with Crippen LogP contribution in [0, 0.1) is 6.92 Å². The van der Waals surface area contributed by atoms with Crippen molar-refractivity contribution in [3.63, 3.8) is 0 Å². The van der Waals surface area contributed by atoms with Gasteiger partial charge in [0.05, 0.1) is 12.2 Å². The molecule has 0 amide bonds. The Bertz CT molecular complexity index is 550. The van der Waals surface area contributed by atoms with Crippen LogP contribution in [0.2, 0.25) is 0 Å². The van der Waals surface area contributed by atoms with E-state index in [1.54, 1.807) is 0 Å². The van der Waals surface area contributed by atoms with E-state index in [0.717, 1.165) is 22.3 Å². The zero-order valence-electron chi connectivity index (χ0n) is 11.2. The molecule has 0 spiro atoms. The molecule has 1 aromatic carbocycles. The van der Waals surface area contributed by atoms with E-state index in [0.29, 0.717) is 6.54 Å². The Hall–Kier alpha value is -1.33. The summed E-state index contributed by atoms with van der Waals surface area (Å²) in [5, 5.41) is 7.76. The molecular formula is C14H19BrN4. The predicted molar refractivity (Wildman–Crippen MR) is 82.2 cm³/mol. The van der Waals surface area contributed by atoms with Crippen molar-refractivity contribution in [1.29, 1.82) is 0 Å². The van der Waals surface area contributed by atoms with Gasteiger partial charge in [0.1, 0.15) is 0 Å². The van der Waals surface area contributed by atoms with E-state index in [9.17, 15) is 0 Å². The van der Waals surface area contributed by atoms with Gasteiger partial charge in [-0.05, 0) is 47.5 Å². The molecule has 102 valence electrons. The Morgan fingerprint density at radius 1 is 1.47 bits per heavy atom. The number of nitrogens with two attached hydrogens (primary N) is 1. The third kappa shape index (κ3) is 3.36. The van der Waals surface area contributed by atoms with Crippen molar-refractivity contribution in [2.45, 2.75) is 26.4 Å². The highest BCUT2D eigenvalue weighted by atomic mass is 79.9. The second-order valence-electron chi connectivity index (χ2n) is 4.55. The summed E-state index contributed by atoms with van der Waals surface area (Å²) in [7, 11) is 0. The van der Waals surface area contributed by atoms with Crippen molar-refractivity contribution < 1.29 is 0 Å². The maximum absolute atomic E-state index is 5.88. The van der Waals surface area contributed by atoms with Gasteiger partial charge in [-0.3, -0.25) is 4.68 Å².